The summed E-state index contributed by atoms with van der Waals surface area (Å²) < 4.78 is 0. The van der Waals surface area contributed by atoms with Gasteiger partial charge < -0.3 is 5.32 Å². The Hall–Kier alpha value is -0.830. The average molecular weight is 182 g/mol. The molecule has 1 amide bonds. The van der Waals surface area contributed by atoms with Crippen molar-refractivity contribution in [3.8, 4) is 0 Å². The van der Waals surface area contributed by atoms with Gasteiger partial charge in [-0.3, -0.25) is 9.69 Å². The lowest BCUT2D eigenvalue weighted by atomic mass is 10.1. The van der Waals surface area contributed by atoms with Crippen molar-refractivity contribution in [2.24, 2.45) is 0 Å². The number of carbonyl (C=O) groups is 1. The van der Waals surface area contributed by atoms with Crippen molar-refractivity contribution in [2.45, 2.75) is 33.2 Å². The maximum atomic E-state index is 10.8. The summed E-state index contributed by atoms with van der Waals surface area (Å²) in [5, 5.41) is 2.85. The minimum absolute atomic E-state index is 0.0309. The van der Waals surface area contributed by atoms with Gasteiger partial charge in [-0.05, 0) is 13.5 Å². The van der Waals surface area contributed by atoms with Crippen LogP contribution in [0, 0.1) is 0 Å². The summed E-state index contributed by atoms with van der Waals surface area (Å²) in [6.07, 6.45) is 3.05. The van der Waals surface area contributed by atoms with Gasteiger partial charge in [0, 0.05) is 31.6 Å². The van der Waals surface area contributed by atoms with E-state index in [9.17, 15) is 4.79 Å². The van der Waals surface area contributed by atoms with Crippen LogP contribution in [0.1, 0.15) is 27.2 Å². The Kier molecular flexibility index (Phi) is 3.48. The van der Waals surface area contributed by atoms with Gasteiger partial charge >= 0.3 is 0 Å². The van der Waals surface area contributed by atoms with Crippen LogP contribution in [-0.4, -0.2) is 29.9 Å². The lowest BCUT2D eigenvalue weighted by Crippen LogP contribution is -2.39. The van der Waals surface area contributed by atoms with Crippen LogP contribution < -0.4 is 5.32 Å². The largest absolute Gasteiger partial charge is 0.330 e. The molecule has 1 heterocycles. The number of rotatable bonds is 2. The number of likely N-dealkylation sites (N-methyl/N-ethyl adjacent to an activating group) is 1. The molecule has 0 radical (unpaired) electrons. The van der Waals surface area contributed by atoms with Gasteiger partial charge in [0.15, 0.2) is 0 Å². The van der Waals surface area contributed by atoms with Crippen molar-refractivity contribution in [3.05, 3.63) is 11.8 Å². The summed E-state index contributed by atoms with van der Waals surface area (Å²) in [6, 6.07) is 0.539. The minimum Gasteiger partial charge on any atom is -0.330 e. The molecule has 0 saturated heterocycles. The van der Waals surface area contributed by atoms with E-state index in [-0.39, 0.29) is 5.91 Å². The van der Waals surface area contributed by atoms with E-state index in [2.05, 4.69) is 30.1 Å². The Morgan fingerprint density at radius 1 is 1.77 bits per heavy atom. The van der Waals surface area contributed by atoms with Gasteiger partial charge in [0.25, 0.3) is 0 Å². The summed E-state index contributed by atoms with van der Waals surface area (Å²) in [5.74, 6) is 0.0309. The van der Waals surface area contributed by atoms with E-state index in [0.29, 0.717) is 6.04 Å². The highest BCUT2D eigenvalue weighted by atomic mass is 16.1. The van der Waals surface area contributed by atoms with Gasteiger partial charge in [-0.2, -0.15) is 0 Å². The molecule has 74 valence electrons. The lowest BCUT2D eigenvalue weighted by molar-refractivity contribution is -0.118. The Morgan fingerprint density at radius 3 is 2.92 bits per heavy atom. The second kappa shape index (κ2) is 4.42. The SMILES string of the molecule is CCN1CC=C(NC(C)=O)CC1C. The molecule has 0 aromatic carbocycles. The first-order valence-electron chi connectivity index (χ1n) is 4.84. The molecular weight excluding hydrogens is 164 g/mol. The zero-order valence-corrected chi connectivity index (χ0v) is 8.63. The Bertz CT molecular complexity index is 223. The summed E-state index contributed by atoms with van der Waals surface area (Å²) >= 11 is 0. The third kappa shape index (κ3) is 2.84. The van der Waals surface area contributed by atoms with E-state index >= 15 is 0 Å². The van der Waals surface area contributed by atoms with Crippen LogP contribution in [0.3, 0.4) is 0 Å². The standard InChI is InChI=1S/C10H18N2O/c1-4-12-6-5-10(7-8(12)2)11-9(3)13/h5,8H,4,6-7H2,1-3H3,(H,11,13). The monoisotopic (exact) mass is 182 g/mol. The summed E-state index contributed by atoms with van der Waals surface area (Å²) in [7, 11) is 0. The van der Waals surface area contributed by atoms with Gasteiger partial charge in [-0.1, -0.05) is 13.0 Å². The van der Waals surface area contributed by atoms with Crippen LogP contribution in [0.5, 0.6) is 0 Å². The van der Waals surface area contributed by atoms with E-state index in [1.807, 2.05) is 0 Å². The highest BCUT2D eigenvalue weighted by molar-refractivity contribution is 5.74. The lowest BCUT2D eigenvalue weighted by Gasteiger charge is -2.31. The number of hydrogen-bond acceptors (Lipinski definition) is 2. The van der Waals surface area contributed by atoms with Gasteiger partial charge in [-0.15, -0.1) is 0 Å². The predicted molar refractivity (Wildman–Crippen MR) is 53.2 cm³/mol. The van der Waals surface area contributed by atoms with E-state index < -0.39 is 0 Å². The Balaban J connectivity index is 2.52. The van der Waals surface area contributed by atoms with Crippen LogP contribution in [0.2, 0.25) is 0 Å². The molecule has 13 heavy (non-hydrogen) atoms. The van der Waals surface area contributed by atoms with Crippen LogP contribution in [0.25, 0.3) is 0 Å². The minimum atomic E-state index is 0.0309. The second-order valence-corrected chi connectivity index (χ2v) is 3.55. The quantitative estimate of drug-likeness (QED) is 0.694. The predicted octanol–water partition coefficient (Wildman–Crippen LogP) is 1.12. The van der Waals surface area contributed by atoms with Crippen molar-refractivity contribution in [1.82, 2.24) is 10.2 Å². The molecule has 1 N–H and O–H groups in total. The molecule has 3 heteroatoms. The van der Waals surface area contributed by atoms with E-state index in [0.717, 1.165) is 25.2 Å². The van der Waals surface area contributed by atoms with E-state index in [4.69, 9.17) is 0 Å². The second-order valence-electron chi connectivity index (χ2n) is 3.55. The summed E-state index contributed by atoms with van der Waals surface area (Å²) in [5.41, 5.74) is 1.07. The van der Waals surface area contributed by atoms with E-state index in [1.165, 1.54) is 0 Å². The van der Waals surface area contributed by atoms with E-state index in [1.54, 1.807) is 6.92 Å². The normalized spacial score (nSPS) is 23.9. The summed E-state index contributed by atoms with van der Waals surface area (Å²) in [6.45, 7) is 7.93. The zero-order valence-electron chi connectivity index (χ0n) is 8.63. The number of carbonyl (C=O) groups excluding carboxylic acids is 1. The fraction of sp³-hybridized carbons (Fsp3) is 0.700. The molecule has 0 aromatic rings. The third-order valence-corrected chi connectivity index (χ3v) is 2.45. The van der Waals surface area contributed by atoms with Crippen molar-refractivity contribution in [1.29, 1.82) is 0 Å². The maximum absolute atomic E-state index is 10.8. The van der Waals surface area contributed by atoms with Crippen LogP contribution in [0.15, 0.2) is 11.8 Å². The summed E-state index contributed by atoms with van der Waals surface area (Å²) in [4.78, 5) is 13.2. The smallest absolute Gasteiger partial charge is 0.220 e. The molecule has 1 aliphatic heterocycles. The molecule has 1 aliphatic rings. The van der Waals surface area contributed by atoms with Gasteiger partial charge in [-0.25, -0.2) is 0 Å². The fourth-order valence-corrected chi connectivity index (χ4v) is 1.71. The zero-order chi connectivity index (χ0) is 9.84. The van der Waals surface area contributed by atoms with Crippen molar-refractivity contribution < 1.29 is 4.79 Å². The molecule has 0 aromatic heterocycles. The van der Waals surface area contributed by atoms with Gasteiger partial charge in [0.2, 0.25) is 5.91 Å². The molecule has 3 nitrogen and oxygen atoms in total. The molecule has 1 rings (SSSR count). The van der Waals surface area contributed by atoms with Crippen molar-refractivity contribution in [3.63, 3.8) is 0 Å². The fourth-order valence-electron chi connectivity index (χ4n) is 1.71. The maximum Gasteiger partial charge on any atom is 0.220 e. The van der Waals surface area contributed by atoms with Gasteiger partial charge in [0.05, 0.1) is 0 Å². The number of amides is 1. The van der Waals surface area contributed by atoms with Gasteiger partial charge in [0.1, 0.15) is 0 Å². The third-order valence-electron chi connectivity index (χ3n) is 2.45. The van der Waals surface area contributed by atoms with Crippen LogP contribution in [-0.2, 0) is 4.79 Å². The molecule has 1 atom stereocenters. The van der Waals surface area contributed by atoms with Crippen molar-refractivity contribution in [2.75, 3.05) is 13.1 Å². The first-order valence-corrected chi connectivity index (χ1v) is 4.84. The molecule has 0 fully saturated rings. The highest BCUT2D eigenvalue weighted by Gasteiger charge is 2.17. The van der Waals surface area contributed by atoms with Crippen LogP contribution >= 0.6 is 0 Å². The highest BCUT2D eigenvalue weighted by Crippen LogP contribution is 2.14. The molecule has 0 saturated carbocycles. The first kappa shape index (κ1) is 10.3. The Morgan fingerprint density at radius 2 is 2.46 bits per heavy atom. The topological polar surface area (TPSA) is 32.3 Å². The molecular formula is C10H18N2O. The average Bonchev–Trinajstić information content (AvgIpc) is 2.03. The molecule has 0 bridgehead atoms. The molecule has 0 aliphatic carbocycles. The van der Waals surface area contributed by atoms with Crippen molar-refractivity contribution >= 4 is 5.91 Å². The first-order chi connectivity index (χ1) is 6.13. The number of hydrogen-bond donors (Lipinski definition) is 1. The number of nitrogens with zero attached hydrogens (tertiary/aromatic N) is 1. The molecule has 0 spiro atoms. The number of nitrogens with one attached hydrogen (secondary N) is 1. The van der Waals surface area contributed by atoms with Crippen LogP contribution in [0.4, 0.5) is 0 Å². The Labute approximate surface area is 79.8 Å². The molecule has 1 unspecified atom stereocenters.